The Morgan fingerprint density at radius 3 is 2.62 bits per heavy atom. The summed E-state index contributed by atoms with van der Waals surface area (Å²) in [6.07, 6.45) is 7.99. The Morgan fingerprint density at radius 2 is 1.94 bits per heavy atom. The average molecular weight is 215 g/mol. The van der Waals surface area contributed by atoms with E-state index in [0.29, 0.717) is 5.56 Å². The maximum atomic E-state index is 11.5. The van der Waals surface area contributed by atoms with Crippen LogP contribution in [0.15, 0.2) is 48.6 Å². The fraction of sp³-hybridized carbons (Fsp3) is 0.154. The molecule has 0 spiro atoms. The Hall–Kier alpha value is -2.03. The summed E-state index contributed by atoms with van der Waals surface area (Å²) in [6.45, 7) is 0. The molecule has 82 valence electrons. The molecule has 16 heavy (non-hydrogen) atoms. The molecule has 0 amide bonds. The molecule has 2 rings (SSSR count). The first-order chi connectivity index (χ1) is 7.81. The number of esters is 1. The molecule has 1 aliphatic carbocycles. The molecule has 0 bridgehead atoms. The van der Waals surface area contributed by atoms with Crippen molar-refractivity contribution in [3.05, 3.63) is 54.1 Å². The fourth-order valence-electron chi connectivity index (χ4n) is 1.60. The lowest BCUT2D eigenvalue weighted by Gasteiger charge is -2.13. The van der Waals surface area contributed by atoms with E-state index >= 15 is 0 Å². The predicted molar refractivity (Wildman–Crippen MR) is 63.5 cm³/mol. The number of benzene rings is 1. The maximum Gasteiger partial charge on any atom is 0.339 e. The number of hydrogen-bond donors (Lipinski definition) is 1. The second-order valence-electron chi connectivity index (χ2n) is 3.48. The first kappa shape index (κ1) is 10.5. The van der Waals surface area contributed by atoms with Crippen molar-refractivity contribution in [3.63, 3.8) is 0 Å². The smallest absolute Gasteiger partial charge is 0.339 e. The highest BCUT2D eigenvalue weighted by atomic mass is 16.5. The number of nitrogens with one attached hydrogen (secondary N) is 1. The number of hydrogen-bond acceptors (Lipinski definition) is 3. The average Bonchev–Trinajstić information content (AvgIpc) is 2.82. The Balaban J connectivity index is 2.22. The largest absolute Gasteiger partial charge is 0.465 e. The van der Waals surface area contributed by atoms with Gasteiger partial charge in [0.1, 0.15) is 0 Å². The van der Waals surface area contributed by atoms with Gasteiger partial charge in [0.05, 0.1) is 18.7 Å². The molecule has 0 atom stereocenters. The lowest BCUT2D eigenvalue weighted by atomic mass is 10.1. The van der Waals surface area contributed by atoms with Crippen molar-refractivity contribution in [1.82, 2.24) is 0 Å². The van der Waals surface area contributed by atoms with Gasteiger partial charge in [-0.15, -0.1) is 0 Å². The zero-order valence-corrected chi connectivity index (χ0v) is 9.01. The van der Waals surface area contributed by atoms with Gasteiger partial charge in [-0.05, 0) is 12.1 Å². The number of anilines is 1. The van der Waals surface area contributed by atoms with Gasteiger partial charge in [-0.2, -0.15) is 0 Å². The number of carbonyl (C=O) groups excluding carboxylic acids is 1. The highest BCUT2D eigenvalue weighted by molar-refractivity contribution is 5.95. The van der Waals surface area contributed by atoms with Gasteiger partial charge >= 0.3 is 5.97 Å². The van der Waals surface area contributed by atoms with Crippen LogP contribution in [0.3, 0.4) is 0 Å². The van der Waals surface area contributed by atoms with E-state index in [1.807, 2.05) is 42.5 Å². The van der Waals surface area contributed by atoms with Crippen LogP contribution in [0.5, 0.6) is 0 Å². The normalized spacial score (nSPS) is 14.1. The van der Waals surface area contributed by atoms with E-state index in [4.69, 9.17) is 4.74 Å². The molecule has 0 saturated carbocycles. The van der Waals surface area contributed by atoms with Crippen LogP contribution in [0.1, 0.15) is 10.4 Å². The zero-order chi connectivity index (χ0) is 11.4. The summed E-state index contributed by atoms with van der Waals surface area (Å²) in [5, 5.41) is 3.25. The third-order valence-corrected chi connectivity index (χ3v) is 2.40. The predicted octanol–water partition coefficient (Wildman–Crippen LogP) is 2.38. The monoisotopic (exact) mass is 215 g/mol. The molecule has 0 unspecified atom stereocenters. The van der Waals surface area contributed by atoms with Crippen molar-refractivity contribution < 1.29 is 9.53 Å². The van der Waals surface area contributed by atoms with Gasteiger partial charge < -0.3 is 10.1 Å². The fourth-order valence-corrected chi connectivity index (χ4v) is 1.60. The molecule has 1 aliphatic rings. The van der Waals surface area contributed by atoms with Crippen molar-refractivity contribution in [2.45, 2.75) is 6.04 Å². The minimum atomic E-state index is -0.325. The summed E-state index contributed by atoms with van der Waals surface area (Å²) >= 11 is 0. The van der Waals surface area contributed by atoms with E-state index in [-0.39, 0.29) is 12.0 Å². The molecular formula is C13H13NO2. The number of carbonyl (C=O) groups is 1. The summed E-state index contributed by atoms with van der Waals surface area (Å²) in [4.78, 5) is 11.5. The molecule has 0 saturated heterocycles. The minimum Gasteiger partial charge on any atom is -0.465 e. The van der Waals surface area contributed by atoms with E-state index in [1.54, 1.807) is 6.07 Å². The standard InChI is InChI=1S/C13H13NO2/c1-16-13(15)11-8-4-5-9-12(11)14-10-6-2-3-7-10/h2-10,14H,1H3. The molecule has 3 nitrogen and oxygen atoms in total. The summed E-state index contributed by atoms with van der Waals surface area (Å²) < 4.78 is 4.73. The SMILES string of the molecule is COC(=O)c1ccccc1NC1C=CC=C1. The summed E-state index contributed by atoms with van der Waals surface area (Å²) in [5.74, 6) is -0.325. The molecular weight excluding hydrogens is 202 g/mol. The molecule has 1 N–H and O–H groups in total. The number of ether oxygens (including phenoxy) is 1. The summed E-state index contributed by atoms with van der Waals surface area (Å²) in [7, 11) is 1.38. The number of allylic oxidation sites excluding steroid dienone is 2. The van der Waals surface area contributed by atoms with E-state index in [0.717, 1.165) is 5.69 Å². The van der Waals surface area contributed by atoms with E-state index in [9.17, 15) is 4.79 Å². The maximum absolute atomic E-state index is 11.5. The molecule has 1 aromatic carbocycles. The van der Waals surface area contributed by atoms with E-state index < -0.39 is 0 Å². The quantitative estimate of drug-likeness (QED) is 0.787. The van der Waals surface area contributed by atoms with Crippen molar-refractivity contribution in [2.75, 3.05) is 12.4 Å². The Morgan fingerprint density at radius 1 is 1.25 bits per heavy atom. The highest BCUT2D eigenvalue weighted by Crippen LogP contribution is 2.18. The Kier molecular flexibility index (Phi) is 3.05. The zero-order valence-electron chi connectivity index (χ0n) is 9.01. The van der Waals surface area contributed by atoms with E-state index in [2.05, 4.69) is 5.32 Å². The van der Waals surface area contributed by atoms with Crippen LogP contribution >= 0.6 is 0 Å². The van der Waals surface area contributed by atoms with E-state index in [1.165, 1.54) is 7.11 Å². The van der Waals surface area contributed by atoms with Crippen LogP contribution < -0.4 is 5.32 Å². The van der Waals surface area contributed by atoms with Crippen LogP contribution in [-0.4, -0.2) is 19.1 Å². The summed E-state index contributed by atoms with van der Waals surface area (Å²) in [6, 6.07) is 7.46. The molecule has 0 fully saturated rings. The third-order valence-electron chi connectivity index (χ3n) is 2.40. The Labute approximate surface area is 94.4 Å². The lowest BCUT2D eigenvalue weighted by molar-refractivity contribution is 0.0602. The number of rotatable bonds is 3. The van der Waals surface area contributed by atoms with Gasteiger partial charge in [0.25, 0.3) is 0 Å². The van der Waals surface area contributed by atoms with Gasteiger partial charge in [0.2, 0.25) is 0 Å². The van der Waals surface area contributed by atoms with Gasteiger partial charge in [-0.1, -0.05) is 36.4 Å². The highest BCUT2D eigenvalue weighted by Gasteiger charge is 2.12. The molecule has 3 heteroatoms. The van der Waals surface area contributed by atoms with Crippen molar-refractivity contribution in [2.24, 2.45) is 0 Å². The van der Waals surface area contributed by atoms with Gasteiger partial charge in [0, 0.05) is 5.69 Å². The number of methoxy groups -OCH3 is 1. The first-order valence-electron chi connectivity index (χ1n) is 5.10. The first-order valence-corrected chi connectivity index (χ1v) is 5.10. The van der Waals surface area contributed by atoms with Crippen molar-refractivity contribution in [1.29, 1.82) is 0 Å². The lowest BCUT2D eigenvalue weighted by Crippen LogP contribution is -2.15. The summed E-state index contributed by atoms with van der Waals surface area (Å²) in [5.41, 5.74) is 1.34. The molecule has 1 aromatic rings. The van der Waals surface area contributed by atoms with Crippen LogP contribution in [0.25, 0.3) is 0 Å². The topological polar surface area (TPSA) is 38.3 Å². The number of para-hydroxylation sites is 1. The van der Waals surface area contributed by atoms with Gasteiger partial charge in [-0.3, -0.25) is 0 Å². The van der Waals surface area contributed by atoms with Gasteiger partial charge in [0.15, 0.2) is 0 Å². The molecule has 0 heterocycles. The molecule has 0 radical (unpaired) electrons. The minimum absolute atomic E-state index is 0.144. The molecule has 0 aromatic heterocycles. The van der Waals surface area contributed by atoms with Gasteiger partial charge in [-0.25, -0.2) is 4.79 Å². The third kappa shape index (κ3) is 2.14. The van der Waals surface area contributed by atoms with Crippen LogP contribution in [0, 0.1) is 0 Å². The second kappa shape index (κ2) is 4.66. The molecule has 0 aliphatic heterocycles. The van der Waals surface area contributed by atoms with Crippen molar-refractivity contribution in [3.8, 4) is 0 Å². The Bertz CT molecular complexity index is 437. The van der Waals surface area contributed by atoms with Crippen LogP contribution in [0.2, 0.25) is 0 Å². The van der Waals surface area contributed by atoms with Crippen molar-refractivity contribution >= 4 is 11.7 Å². The van der Waals surface area contributed by atoms with Crippen LogP contribution in [0.4, 0.5) is 5.69 Å². The van der Waals surface area contributed by atoms with Crippen LogP contribution in [-0.2, 0) is 4.74 Å². The second-order valence-corrected chi connectivity index (χ2v) is 3.48.